The van der Waals surface area contributed by atoms with Crippen LogP contribution in [-0.2, 0) is 5.60 Å². The standard InChI is InChI=1S/C10H14N2O3/c1-7-5-8(10(2,13)6-11)3-4-9(7)12(14)15/h3-5,13H,6,11H2,1-2H3. The molecule has 1 aromatic carbocycles. The number of rotatable bonds is 3. The maximum absolute atomic E-state index is 10.6. The predicted molar refractivity (Wildman–Crippen MR) is 56.5 cm³/mol. The first-order valence-corrected chi connectivity index (χ1v) is 4.56. The Kier molecular flexibility index (Phi) is 3.06. The zero-order chi connectivity index (χ0) is 11.6. The lowest BCUT2D eigenvalue weighted by molar-refractivity contribution is -0.385. The molecular formula is C10H14N2O3. The maximum Gasteiger partial charge on any atom is 0.272 e. The van der Waals surface area contributed by atoms with Crippen LogP contribution in [0.2, 0.25) is 0 Å². The Morgan fingerprint density at radius 3 is 2.60 bits per heavy atom. The summed E-state index contributed by atoms with van der Waals surface area (Å²) in [6.45, 7) is 3.28. The van der Waals surface area contributed by atoms with Gasteiger partial charge in [-0.15, -0.1) is 0 Å². The lowest BCUT2D eigenvalue weighted by atomic mass is 9.94. The Labute approximate surface area is 87.7 Å². The number of hydrogen-bond donors (Lipinski definition) is 2. The van der Waals surface area contributed by atoms with Crippen molar-refractivity contribution in [3.63, 3.8) is 0 Å². The van der Waals surface area contributed by atoms with Gasteiger partial charge in [0.05, 0.1) is 10.5 Å². The van der Waals surface area contributed by atoms with Gasteiger partial charge in [-0.05, 0) is 31.5 Å². The molecule has 0 spiro atoms. The van der Waals surface area contributed by atoms with Crippen molar-refractivity contribution < 1.29 is 10.0 Å². The second-order valence-corrected chi connectivity index (χ2v) is 3.74. The molecule has 0 saturated carbocycles. The number of benzene rings is 1. The first-order valence-electron chi connectivity index (χ1n) is 4.56. The third-order valence-corrected chi connectivity index (χ3v) is 2.41. The number of hydrogen-bond acceptors (Lipinski definition) is 4. The SMILES string of the molecule is Cc1cc(C(C)(O)CN)ccc1[N+](=O)[O-]. The van der Waals surface area contributed by atoms with Crippen LogP contribution in [-0.4, -0.2) is 16.6 Å². The molecule has 0 radical (unpaired) electrons. The third-order valence-electron chi connectivity index (χ3n) is 2.41. The Morgan fingerprint density at radius 1 is 1.60 bits per heavy atom. The van der Waals surface area contributed by atoms with E-state index in [2.05, 4.69) is 0 Å². The van der Waals surface area contributed by atoms with E-state index >= 15 is 0 Å². The molecular weight excluding hydrogens is 196 g/mol. The average Bonchev–Trinajstić information content (AvgIpc) is 2.17. The van der Waals surface area contributed by atoms with Gasteiger partial charge in [0.15, 0.2) is 0 Å². The lowest BCUT2D eigenvalue weighted by Crippen LogP contribution is -2.31. The highest BCUT2D eigenvalue weighted by Crippen LogP contribution is 2.25. The molecule has 0 fully saturated rings. The van der Waals surface area contributed by atoms with Crippen LogP contribution in [0, 0.1) is 17.0 Å². The number of aliphatic hydroxyl groups is 1. The lowest BCUT2D eigenvalue weighted by Gasteiger charge is -2.21. The average molecular weight is 210 g/mol. The van der Waals surface area contributed by atoms with Gasteiger partial charge in [0, 0.05) is 18.2 Å². The molecule has 0 amide bonds. The van der Waals surface area contributed by atoms with Crippen LogP contribution in [0.3, 0.4) is 0 Å². The number of nitro groups is 1. The van der Waals surface area contributed by atoms with E-state index in [0.717, 1.165) is 0 Å². The summed E-state index contributed by atoms with van der Waals surface area (Å²) in [6, 6.07) is 4.50. The van der Waals surface area contributed by atoms with Crippen LogP contribution in [0.15, 0.2) is 18.2 Å². The first-order chi connectivity index (χ1) is 6.88. The normalized spacial score (nSPS) is 14.7. The summed E-state index contributed by atoms with van der Waals surface area (Å²) in [7, 11) is 0. The molecule has 1 aromatic rings. The number of nitro benzene ring substituents is 1. The molecule has 5 nitrogen and oxygen atoms in total. The van der Waals surface area contributed by atoms with Crippen molar-refractivity contribution >= 4 is 5.69 Å². The van der Waals surface area contributed by atoms with Gasteiger partial charge in [0.2, 0.25) is 0 Å². The van der Waals surface area contributed by atoms with Gasteiger partial charge in [-0.1, -0.05) is 0 Å². The highest BCUT2D eigenvalue weighted by Gasteiger charge is 2.23. The van der Waals surface area contributed by atoms with Crippen molar-refractivity contribution in [2.75, 3.05) is 6.54 Å². The van der Waals surface area contributed by atoms with Gasteiger partial charge in [0.25, 0.3) is 5.69 Å². The topological polar surface area (TPSA) is 89.4 Å². The van der Waals surface area contributed by atoms with Crippen LogP contribution < -0.4 is 5.73 Å². The fourth-order valence-corrected chi connectivity index (χ4v) is 1.31. The minimum Gasteiger partial charge on any atom is -0.384 e. The van der Waals surface area contributed by atoms with Crippen LogP contribution in [0.25, 0.3) is 0 Å². The van der Waals surface area contributed by atoms with Crippen molar-refractivity contribution in [3.05, 3.63) is 39.4 Å². The fraction of sp³-hybridized carbons (Fsp3) is 0.400. The van der Waals surface area contributed by atoms with Gasteiger partial charge < -0.3 is 10.8 Å². The highest BCUT2D eigenvalue weighted by atomic mass is 16.6. The molecule has 15 heavy (non-hydrogen) atoms. The van der Waals surface area contributed by atoms with Crippen LogP contribution in [0.1, 0.15) is 18.1 Å². The van der Waals surface area contributed by atoms with E-state index in [1.165, 1.54) is 12.1 Å². The van der Waals surface area contributed by atoms with Crippen LogP contribution in [0.5, 0.6) is 0 Å². The van der Waals surface area contributed by atoms with E-state index in [-0.39, 0.29) is 12.2 Å². The third kappa shape index (κ3) is 2.31. The molecule has 3 N–H and O–H groups in total. The quantitative estimate of drug-likeness (QED) is 0.576. The summed E-state index contributed by atoms with van der Waals surface area (Å²) in [5.41, 5.74) is 5.42. The van der Waals surface area contributed by atoms with E-state index in [0.29, 0.717) is 11.1 Å². The molecule has 0 heterocycles. The van der Waals surface area contributed by atoms with E-state index in [1.807, 2.05) is 0 Å². The van der Waals surface area contributed by atoms with Crippen molar-refractivity contribution in [1.82, 2.24) is 0 Å². The molecule has 0 aliphatic heterocycles. The largest absolute Gasteiger partial charge is 0.384 e. The molecule has 1 unspecified atom stereocenters. The van der Waals surface area contributed by atoms with Gasteiger partial charge in [-0.3, -0.25) is 10.1 Å². The molecule has 0 bridgehead atoms. The van der Waals surface area contributed by atoms with Crippen LogP contribution >= 0.6 is 0 Å². The summed E-state index contributed by atoms with van der Waals surface area (Å²) in [6.07, 6.45) is 0. The zero-order valence-electron chi connectivity index (χ0n) is 8.73. The Hall–Kier alpha value is -1.46. The second kappa shape index (κ2) is 3.96. The fourth-order valence-electron chi connectivity index (χ4n) is 1.31. The molecule has 0 aliphatic carbocycles. The van der Waals surface area contributed by atoms with Gasteiger partial charge in [-0.2, -0.15) is 0 Å². The van der Waals surface area contributed by atoms with Crippen molar-refractivity contribution in [2.24, 2.45) is 5.73 Å². The highest BCUT2D eigenvalue weighted by molar-refractivity contribution is 5.43. The summed E-state index contributed by atoms with van der Waals surface area (Å²) in [4.78, 5) is 10.1. The smallest absolute Gasteiger partial charge is 0.272 e. The number of nitrogens with two attached hydrogens (primary N) is 1. The maximum atomic E-state index is 10.6. The van der Waals surface area contributed by atoms with Crippen molar-refractivity contribution in [3.8, 4) is 0 Å². The monoisotopic (exact) mass is 210 g/mol. The van der Waals surface area contributed by atoms with Gasteiger partial charge in [0.1, 0.15) is 0 Å². The molecule has 1 rings (SSSR count). The predicted octanol–water partition coefficient (Wildman–Crippen LogP) is 1.07. The van der Waals surface area contributed by atoms with Crippen molar-refractivity contribution in [2.45, 2.75) is 19.4 Å². The summed E-state index contributed by atoms with van der Waals surface area (Å²) >= 11 is 0. The summed E-state index contributed by atoms with van der Waals surface area (Å²) in [5.74, 6) is 0. The molecule has 82 valence electrons. The van der Waals surface area contributed by atoms with E-state index < -0.39 is 10.5 Å². The van der Waals surface area contributed by atoms with E-state index in [9.17, 15) is 15.2 Å². The summed E-state index contributed by atoms with van der Waals surface area (Å²) in [5, 5.41) is 20.4. The minimum atomic E-state index is -1.14. The molecule has 0 aromatic heterocycles. The van der Waals surface area contributed by atoms with E-state index in [4.69, 9.17) is 5.73 Å². The van der Waals surface area contributed by atoms with Crippen LogP contribution in [0.4, 0.5) is 5.69 Å². The van der Waals surface area contributed by atoms with E-state index in [1.54, 1.807) is 19.9 Å². The molecule has 1 atom stereocenters. The Bertz CT molecular complexity index is 388. The number of nitrogens with zero attached hydrogens (tertiary/aromatic N) is 1. The van der Waals surface area contributed by atoms with Gasteiger partial charge >= 0.3 is 0 Å². The molecule has 5 heteroatoms. The number of aryl methyl sites for hydroxylation is 1. The molecule has 0 aliphatic rings. The zero-order valence-corrected chi connectivity index (χ0v) is 8.73. The Balaban J connectivity index is 3.18. The second-order valence-electron chi connectivity index (χ2n) is 3.74. The Morgan fingerprint density at radius 2 is 2.20 bits per heavy atom. The minimum absolute atomic E-state index is 0.0478. The summed E-state index contributed by atoms with van der Waals surface area (Å²) < 4.78 is 0. The first kappa shape index (κ1) is 11.6. The van der Waals surface area contributed by atoms with Gasteiger partial charge in [-0.25, -0.2) is 0 Å². The molecule has 0 saturated heterocycles. The van der Waals surface area contributed by atoms with Crippen molar-refractivity contribution in [1.29, 1.82) is 0 Å².